The molecule has 16 heavy (non-hydrogen) atoms. The Morgan fingerprint density at radius 3 is 2.38 bits per heavy atom. The molecule has 0 fully saturated rings. The van der Waals surface area contributed by atoms with Gasteiger partial charge in [-0.1, -0.05) is 12.6 Å². The predicted molar refractivity (Wildman–Crippen MR) is 64.8 cm³/mol. The van der Waals surface area contributed by atoms with Crippen molar-refractivity contribution >= 4 is 6.08 Å². The first-order valence-electron chi connectivity index (χ1n) is 5.11. The topological polar surface area (TPSA) is 38.7 Å². The molecular weight excluding hydrogens is 198 g/mol. The van der Waals surface area contributed by atoms with Gasteiger partial charge in [0.15, 0.2) is 5.82 Å². The Hall–Kier alpha value is -2.03. The largest absolute Gasteiger partial charge is 0.245 e. The van der Waals surface area contributed by atoms with Gasteiger partial charge >= 0.3 is 0 Å². The second-order valence-electron chi connectivity index (χ2n) is 3.63. The van der Waals surface area contributed by atoms with E-state index in [0.29, 0.717) is 5.82 Å². The fourth-order valence-electron chi connectivity index (χ4n) is 1.53. The third-order valence-corrected chi connectivity index (χ3v) is 2.19. The molecule has 3 nitrogen and oxygen atoms in total. The fraction of sp³-hybridized carbons (Fsp3) is 0.154. The highest BCUT2D eigenvalue weighted by molar-refractivity contribution is 5.53. The Morgan fingerprint density at radius 2 is 1.75 bits per heavy atom. The number of rotatable bonds is 2. The third kappa shape index (κ3) is 2.14. The lowest BCUT2D eigenvalue weighted by atomic mass is 10.2. The summed E-state index contributed by atoms with van der Waals surface area (Å²) in [4.78, 5) is 13.1. The van der Waals surface area contributed by atoms with Crippen LogP contribution in [0, 0.1) is 13.8 Å². The summed E-state index contributed by atoms with van der Waals surface area (Å²) in [5.74, 6) is 0.668. The smallest absolute Gasteiger partial charge is 0.178 e. The average Bonchev–Trinajstić information content (AvgIpc) is 2.28. The Kier molecular flexibility index (Phi) is 2.77. The van der Waals surface area contributed by atoms with E-state index in [1.807, 2.05) is 38.1 Å². The molecule has 0 atom stereocenters. The summed E-state index contributed by atoms with van der Waals surface area (Å²) < 4.78 is 0. The molecule has 3 heteroatoms. The van der Waals surface area contributed by atoms with Crippen molar-refractivity contribution in [3.05, 3.63) is 47.9 Å². The predicted octanol–water partition coefficient (Wildman–Crippen LogP) is 2.80. The van der Waals surface area contributed by atoms with Gasteiger partial charge in [-0.05, 0) is 38.1 Å². The Bertz CT molecular complexity index is 512. The van der Waals surface area contributed by atoms with E-state index in [9.17, 15) is 0 Å². The molecule has 80 valence electrons. The molecule has 0 aliphatic rings. The Morgan fingerprint density at radius 1 is 1.06 bits per heavy atom. The quantitative estimate of drug-likeness (QED) is 0.766. The number of nitrogens with zero attached hydrogens (tertiary/aromatic N) is 3. The zero-order chi connectivity index (χ0) is 11.5. The molecule has 0 aromatic carbocycles. The van der Waals surface area contributed by atoms with E-state index < -0.39 is 0 Å². The van der Waals surface area contributed by atoms with E-state index in [1.165, 1.54) is 0 Å². The highest BCUT2D eigenvalue weighted by Crippen LogP contribution is 2.14. The van der Waals surface area contributed by atoms with E-state index in [4.69, 9.17) is 0 Å². The van der Waals surface area contributed by atoms with Crippen LogP contribution in [-0.4, -0.2) is 15.0 Å². The molecule has 0 unspecified atom stereocenters. The molecule has 0 radical (unpaired) electrons. The van der Waals surface area contributed by atoms with Crippen molar-refractivity contribution in [2.75, 3.05) is 0 Å². The first-order valence-corrected chi connectivity index (χ1v) is 5.11. The molecule has 0 saturated heterocycles. The van der Waals surface area contributed by atoms with Crippen molar-refractivity contribution in [2.24, 2.45) is 0 Å². The van der Waals surface area contributed by atoms with Gasteiger partial charge in [-0.2, -0.15) is 0 Å². The zero-order valence-corrected chi connectivity index (χ0v) is 9.44. The van der Waals surface area contributed by atoms with Gasteiger partial charge in [-0.25, -0.2) is 15.0 Å². The van der Waals surface area contributed by atoms with Gasteiger partial charge in [0.2, 0.25) is 0 Å². The van der Waals surface area contributed by atoms with E-state index in [0.717, 1.165) is 22.8 Å². The van der Waals surface area contributed by atoms with Crippen molar-refractivity contribution in [1.82, 2.24) is 15.0 Å². The zero-order valence-electron chi connectivity index (χ0n) is 9.44. The lowest BCUT2D eigenvalue weighted by Crippen LogP contribution is -1.96. The first kappa shape index (κ1) is 10.5. The standard InChI is InChI=1S/C13H13N3/c1-4-11-6-5-7-12(16-11)13-14-9(2)8-10(3)15-13/h4-8H,1H2,2-3H3. The minimum atomic E-state index is 0.668. The Labute approximate surface area is 94.9 Å². The van der Waals surface area contributed by atoms with Crippen LogP contribution < -0.4 is 0 Å². The lowest BCUT2D eigenvalue weighted by Gasteiger charge is -2.03. The number of aromatic nitrogens is 3. The number of aryl methyl sites for hydroxylation is 2. The lowest BCUT2D eigenvalue weighted by molar-refractivity contribution is 1.05. The summed E-state index contributed by atoms with van der Waals surface area (Å²) >= 11 is 0. The van der Waals surface area contributed by atoms with Crippen LogP contribution in [0.3, 0.4) is 0 Å². The number of hydrogen-bond acceptors (Lipinski definition) is 3. The molecule has 2 rings (SSSR count). The van der Waals surface area contributed by atoms with Crippen molar-refractivity contribution < 1.29 is 0 Å². The summed E-state index contributed by atoms with van der Waals surface area (Å²) in [5.41, 5.74) is 3.52. The molecule has 0 spiro atoms. The van der Waals surface area contributed by atoms with Gasteiger partial charge in [-0.3, -0.25) is 0 Å². The average molecular weight is 211 g/mol. The van der Waals surface area contributed by atoms with Crippen molar-refractivity contribution in [3.8, 4) is 11.5 Å². The summed E-state index contributed by atoms with van der Waals surface area (Å²) in [6.45, 7) is 7.61. The maximum Gasteiger partial charge on any atom is 0.178 e. The fourth-order valence-corrected chi connectivity index (χ4v) is 1.53. The van der Waals surface area contributed by atoms with Crippen LogP contribution >= 0.6 is 0 Å². The van der Waals surface area contributed by atoms with Crippen LogP contribution in [0.1, 0.15) is 17.1 Å². The first-order chi connectivity index (χ1) is 7.69. The van der Waals surface area contributed by atoms with Crippen LogP contribution in [0.25, 0.3) is 17.6 Å². The molecule has 0 aliphatic heterocycles. The molecule has 0 N–H and O–H groups in total. The summed E-state index contributed by atoms with van der Waals surface area (Å²) in [6, 6.07) is 7.68. The number of hydrogen-bond donors (Lipinski definition) is 0. The molecule has 2 aromatic rings. The van der Waals surface area contributed by atoms with Crippen molar-refractivity contribution in [2.45, 2.75) is 13.8 Å². The van der Waals surface area contributed by atoms with Gasteiger partial charge in [0.25, 0.3) is 0 Å². The second kappa shape index (κ2) is 4.23. The van der Waals surface area contributed by atoms with Crippen LogP contribution in [-0.2, 0) is 0 Å². The second-order valence-corrected chi connectivity index (χ2v) is 3.63. The van der Waals surface area contributed by atoms with Crippen LogP contribution in [0.2, 0.25) is 0 Å². The summed E-state index contributed by atoms with van der Waals surface area (Å²) in [7, 11) is 0. The minimum Gasteiger partial charge on any atom is -0.245 e. The normalized spacial score (nSPS) is 10.1. The molecule has 0 bridgehead atoms. The van der Waals surface area contributed by atoms with E-state index >= 15 is 0 Å². The van der Waals surface area contributed by atoms with Gasteiger partial charge in [-0.15, -0.1) is 0 Å². The molecule has 2 heterocycles. The third-order valence-electron chi connectivity index (χ3n) is 2.19. The maximum absolute atomic E-state index is 4.40. The molecule has 0 aliphatic carbocycles. The molecular formula is C13H13N3. The molecule has 0 saturated carbocycles. The highest BCUT2D eigenvalue weighted by Gasteiger charge is 2.04. The van der Waals surface area contributed by atoms with E-state index in [1.54, 1.807) is 6.08 Å². The van der Waals surface area contributed by atoms with Crippen LogP contribution in [0.4, 0.5) is 0 Å². The van der Waals surface area contributed by atoms with Crippen molar-refractivity contribution in [1.29, 1.82) is 0 Å². The monoisotopic (exact) mass is 211 g/mol. The Balaban J connectivity index is 2.53. The van der Waals surface area contributed by atoms with Crippen LogP contribution in [0.15, 0.2) is 30.8 Å². The molecule has 0 amide bonds. The maximum atomic E-state index is 4.40. The van der Waals surface area contributed by atoms with Gasteiger partial charge in [0.1, 0.15) is 5.69 Å². The van der Waals surface area contributed by atoms with E-state index in [2.05, 4.69) is 21.5 Å². The van der Waals surface area contributed by atoms with Crippen LogP contribution in [0.5, 0.6) is 0 Å². The van der Waals surface area contributed by atoms with Gasteiger partial charge in [0.05, 0.1) is 5.69 Å². The molecule has 2 aromatic heterocycles. The minimum absolute atomic E-state index is 0.668. The van der Waals surface area contributed by atoms with Crippen molar-refractivity contribution in [3.63, 3.8) is 0 Å². The van der Waals surface area contributed by atoms with E-state index in [-0.39, 0.29) is 0 Å². The van der Waals surface area contributed by atoms with Gasteiger partial charge in [0, 0.05) is 11.4 Å². The number of pyridine rings is 1. The summed E-state index contributed by atoms with van der Waals surface area (Å²) in [5, 5.41) is 0. The highest BCUT2D eigenvalue weighted by atomic mass is 14.9. The summed E-state index contributed by atoms with van der Waals surface area (Å²) in [6.07, 6.45) is 1.71. The SMILES string of the molecule is C=Cc1cccc(-c2nc(C)cc(C)n2)n1. The van der Waals surface area contributed by atoms with Gasteiger partial charge < -0.3 is 0 Å².